The number of carbonyl (C=O) groups is 2. The molecular weight excluding hydrogens is 390 g/mol. The maximum Gasteiger partial charge on any atom is 0.243 e. The molecular formula is C21H31N3O4S. The average Bonchev–Trinajstić information content (AvgIpc) is 2.73. The smallest absolute Gasteiger partial charge is 0.243 e. The lowest BCUT2D eigenvalue weighted by Crippen LogP contribution is -2.54. The zero-order valence-corrected chi connectivity index (χ0v) is 18.3. The van der Waals surface area contributed by atoms with Gasteiger partial charge in [0.1, 0.15) is 0 Å². The summed E-state index contributed by atoms with van der Waals surface area (Å²) < 4.78 is 27.0. The van der Waals surface area contributed by atoms with Crippen LogP contribution in [0.3, 0.4) is 0 Å². The number of benzene rings is 1. The van der Waals surface area contributed by atoms with E-state index in [1.807, 2.05) is 25.7 Å². The Morgan fingerprint density at radius 2 is 1.55 bits per heavy atom. The molecule has 29 heavy (non-hydrogen) atoms. The Morgan fingerprint density at radius 3 is 2.14 bits per heavy atom. The molecule has 0 bridgehead atoms. The number of hydrogen-bond acceptors (Lipinski definition) is 4. The highest BCUT2D eigenvalue weighted by Gasteiger charge is 2.37. The standard InChI is InChI=1S/C21H31N3O4S/c1-21(2,3)20(26)23-11-7-8-17(16-23)19(25)22-12-14-24(15-13-22)29(27,28)18-9-5-4-6-10-18/h4-6,9-10,17H,7-8,11-16H2,1-3H3. The lowest BCUT2D eigenvalue weighted by Gasteiger charge is -2.39. The van der Waals surface area contributed by atoms with Crippen LogP contribution in [0.1, 0.15) is 33.6 Å². The summed E-state index contributed by atoms with van der Waals surface area (Å²) >= 11 is 0. The number of piperazine rings is 1. The first kappa shape index (κ1) is 21.8. The molecule has 1 aromatic rings. The maximum absolute atomic E-state index is 13.0. The summed E-state index contributed by atoms with van der Waals surface area (Å²) in [6, 6.07) is 8.39. The normalized spacial score (nSPS) is 21.8. The van der Waals surface area contributed by atoms with Crippen LogP contribution in [-0.2, 0) is 19.6 Å². The Balaban J connectivity index is 1.59. The van der Waals surface area contributed by atoms with Crippen molar-refractivity contribution < 1.29 is 18.0 Å². The highest BCUT2D eigenvalue weighted by atomic mass is 32.2. The van der Waals surface area contributed by atoms with Crippen LogP contribution in [0, 0.1) is 11.3 Å². The van der Waals surface area contributed by atoms with Crippen molar-refractivity contribution in [1.82, 2.24) is 14.1 Å². The van der Waals surface area contributed by atoms with E-state index >= 15 is 0 Å². The molecule has 0 spiro atoms. The Labute approximate surface area is 173 Å². The molecule has 2 heterocycles. The summed E-state index contributed by atoms with van der Waals surface area (Å²) in [5.74, 6) is -0.0886. The van der Waals surface area contributed by atoms with E-state index in [4.69, 9.17) is 0 Å². The van der Waals surface area contributed by atoms with E-state index in [9.17, 15) is 18.0 Å². The second kappa shape index (κ2) is 8.44. The highest BCUT2D eigenvalue weighted by Crippen LogP contribution is 2.25. The molecule has 2 saturated heterocycles. The van der Waals surface area contributed by atoms with E-state index in [-0.39, 0.29) is 22.6 Å². The highest BCUT2D eigenvalue weighted by molar-refractivity contribution is 7.89. The Bertz CT molecular complexity index is 840. The molecule has 2 aliphatic heterocycles. The van der Waals surface area contributed by atoms with E-state index in [1.54, 1.807) is 35.2 Å². The van der Waals surface area contributed by atoms with Crippen molar-refractivity contribution in [3.8, 4) is 0 Å². The van der Waals surface area contributed by atoms with Crippen LogP contribution < -0.4 is 0 Å². The van der Waals surface area contributed by atoms with Crippen molar-refractivity contribution in [3.63, 3.8) is 0 Å². The van der Waals surface area contributed by atoms with Gasteiger partial charge in [-0.1, -0.05) is 39.0 Å². The summed E-state index contributed by atoms with van der Waals surface area (Å²) in [5, 5.41) is 0. The molecule has 0 aromatic heterocycles. The number of nitrogens with zero attached hydrogens (tertiary/aromatic N) is 3. The average molecular weight is 422 g/mol. The van der Waals surface area contributed by atoms with E-state index in [2.05, 4.69) is 0 Å². The third-order valence-corrected chi connectivity index (χ3v) is 7.54. The number of hydrogen-bond donors (Lipinski definition) is 0. The molecule has 2 amide bonds. The van der Waals surface area contributed by atoms with Gasteiger partial charge in [-0.05, 0) is 25.0 Å². The number of piperidine rings is 1. The number of likely N-dealkylation sites (tertiary alicyclic amines) is 1. The lowest BCUT2D eigenvalue weighted by molar-refractivity contribution is -0.145. The van der Waals surface area contributed by atoms with Crippen molar-refractivity contribution in [1.29, 1.82) is 0 Å². The van der Waals surface area contributed by atoms with Crippen LogP contribution in [0.5, 0.6) is 0 Å². The van der Waals surface area contributed by atoms with Gasteiger partial charge in [0.25, 0.3) is 0 Å². The van der Waals surface area contributed by atoms with Gasteiger partial charge in [0.2, 0.25) is 21.8 Å². The number of rotatable bonds is 3. The molecule has 0 N–H and O–H groups in total. The molecule has 2 aliphatic rings. The van der Waals surface area contributed by atoms with Crippen molar-refractivity contribution in [3.05, 3.63) is 30.3 Å². The fourth-order valence-corrected chi connectivity index (χ4v) is 5.43. The maximum atomic E-state index is 13.0. The minimum absolute atomic E-state index is 0.0353. The van der Waals surface area contributed by atoms with Gasteiger partial charge in [0, 0.05) is 44.7 Å². The Morgan fingerprint density at radius 1 is 0.931 bits per heavy atom. The van der Waals surface area contributed by atoms with Crippen LogP contribution >= 0.6 is 0 Å². The van der Waals surface area contributed by atoms with Crippen LogP contribution in [0.4, 0.5) is 0 Å². The number of amides is 2. The number of sulfonamides is 1. The van der Waals surface area contributed by atoms with Gasteiger partial charge in [-0.3, -0.25) is 9.59 Å². The summed E-state index contributed by atoms with van der Waals surface area (Å²) in [4.78, 5) is 29.4. The predicted molar refractivity (Wildman–Crippen MR) is 111 cm³/mol. The molecule has 1 atom stereocenters. The number of carbonyl (C=O) groups excluding carboxylic acids is 2. The van der Waals surface area contributed by atoms with Crippen LogP contribution in [0.2, 0.25) is 0 Å². The molecule has 0 aliphatic carbocycles. The molecule has 0 radical (unpaired) electrons. The first-order valence-electron chi connectivity index (χ1n) is 10.2. The second-order valence-corrected chi connectivity index (χ2v) is 10.8. The third-order valence-electron chi connectivity index (χ3n) is 5.63. The summed E-state index contributed by atoms with van der Waals surface area (Å²) in [6.45, 7) is 8.19. The molecule has 8 heteroatoms. The molecule has 3 rings (SSSR count). The van der Waals surface area contributed by atoms with Crippen LogP contribution in [0.15, 0.2) is 35.2 Å². The first-order valence-corrected chi connectivity index (χ1v) is 11.7. The summed E-state index contributed by atoms with van der Waals surface area (Å²) in [5.41, 5.74) is -0.456. The first-order chi connectivity index (χ1) is 13.6. The van der Waals surface area contributed by atoms with Crippen LogP contribution in [0.25, 0.3) is 0 Å². The topological polar surface area (TPSA) is 78.0 Å². The molecule has 2 fully saturated rings. The lowest BCUT2D eigenvalue weighted by atomic mass is 9.90. The largest absolute Gasteiger partial charge is 0.341 e. The Kier molecular flexibility index (Phi) is 6.33. The van der Waals surface area contributed by atoms with Gasteiger partial charge in [-0.2, -0.15) is 4.31 Å². The van der Waals surface area contributed by atoms with Gasteiger partial charge in [-0.15, -0.1) is 0 Å². The monoisotopic (exact) mass is 421 g/mol. The van der Waals surface area contributed by atoms with E-state index in [0.717, 1.165) is 12.8 Å². The predicted octanol–water partition coefficient (Wildman–Crippen LogP) is 1.80. The molecule has 1 unspecified atom stereocenters. The van der Waals surface area contributed by atoms with Gasteiger partial charge in [0.15, 0.2) is 0 Å². The van der Waals surface area contributed by atoms with E-state index in [0.29, 0.717) is 39.3 Å². The zero-order chi connectivity index (χ0) is 21.2. The van der Waals surface area contributed by atoms with Crippen molar-refractivity contribution in [2.24, 2.45) is 11.3 Å². The minimum atomic E-state index is -3.53. The quantitative estimate of drug-likeness (QED) is 0.746. The summed E-state index contributed by atoms with van der Waals surface area (Å²) in [7, 11) is -3.53. The summed E-state index contributed by atoms with van der Waals surface area (Å²) in [6.07, 6.45) is 1.59. The van der Waals surface area contributed by atoms with Crippen molar-refractivity contribution >= 4 is 21.8 Å². The molecule has 1 aromatic carbocycles. The zero-order valence-electron chi connectivity index (χ0n) is 17.5. The fraction of sp³-hybridized carbons (Fsp3) is 0.619. The third kappa shape index (κ3) is 4.80. The van der Waals surface area contributed by atoms with Crippen molar-refractivity contribution in [2.75, 3.05) is 39.3 Å². The van der Waals surface area contributed by atoms with Gasteiger partial charge in [-0.25, -0.2) is 8.42 Å². The van der Waals surface area contributed by atoms with Gasteiger partial charge < -0.3 is 9.80 Å². The second-order valence-electron chi connectivity index (χ2n) is 8.88. The molecule has 160 valence electrons. The Hall–Kier alpha value is -1.93. The van der Waals surface area contributed by atoms with E-state index < -0.39 is 15.4 Å². The van der Waals surface area contributed by atoms with E-state index in [1.165, 1.54) is 4.31 Å². The fourth-order valence-electron chi connectivity index (χ4n) is 3.99. The molecule has 7 nitrogen and oxygen atoms in total. The molecule has 0 saturated carbocycles. The van der Waals surface area contributed by atoms with Crippen LogP contribution in [-0.4, -0.2) is 73.6 Å². The van der Waals surface area contributed by atoms with Gasteiger partial charge >= 0.3 is 0 Å². The minimum Gasteiger partial charge on any atom is -0.341 e. The van der Waals surface area contributed by atoms with Gasteiger partial charge in [0.05, 0.1) is 10.8 Å². The van der Waals surface area contributed by atoms with Crippen molar-refractivity contribution in [2.45, 2.75) is 38.5 Å². The SMILES string of the molecule is CC(C)(C)C(=O)N1CCCC(C(=O)N2CCN(S(=O)(=O)c3ccccc3)CC2)C1.